The van der Waals surface area contributed by atoms with Gasteiger partial charge in [-0.25, -0.2) is 0 Å². The van der Waals surface area contributed by atoms with Gasteiger partial charge in [0.25, 0.3) is 0 Å². The van der Waals surface area contributed by atoms with Gasteiger partial charge in [-0.2, -0.15) is 5.26 Å². The predicted molar refractivity (Wildman–Crippen MR) is 162 cm³/mol. The van der Waals surface area contributed by atoms with Gasteiger partial charge in [0.05, 0.1) is 11.6 Å². The second-order valence-corrected chi connectivity index (χ2v) is 10.1. The number of nitriles is 1. The number of benzene rings is 6. The zero-order valence-electron chi connectivity index (χ0n) is 21.4. The van der Waals surface area contributed by atoms with Crippen molar-refractivity contribution in [3.05, 3.63) is 133 Å². The first-order chi connectivity index (χ1) is 19.7. The molecule has 3 heteroatoms. The van der Waals surface area contributed by atoms with Gasteiger partial charge in [0.1, 0.15) is 22.3 Å². The summed E-state index contributed by atoms with van der Waals surface area (Å²) in [6.45, 7) is 0. The summed E-state index contributed by atoms with van der Waals surface area (Å²) >= 11 is 0. The number of furan rings is 2. The first-order valence-electron chi connectivity index (χ1n) is 13.2. The Hall–Kier alpha value is -5.59. The fourth-order valence-electron chi connectivity index (χ4n) is 5.71. The van der Waals surface area contributed by atoms with E-state index < -0.39 is 0 Å². The Kier molecular flexibility index (Phi) is 4.89. The molecule has 6 aromatic carbocycles. The quantitative estimate of drug-likeness (QED) is 0.237. The lowest BCUT2D eigenvalue weighted by Crippen LogP contribution is -1.84. The minimum absolute atomic E-state index is 0.676. The van der Waals surface area contributed by atoms with Crippen molar-refractivity contribution in [1.29, 1.82) is 5.26 Å². The lowest BCUT2D eigenvalue weighted by molar-refractivity contribution is 0.656. The van der Waals surface area contributed by atoms with Crippen LogP contribution >= 0.6 is 0 Å². The first-order valence-corrected chi connectivity index (χ1v) is 13.2. The van der Waals surface area contributed by atoms with Crippen LogP contribution in [0.2, 0.25) is 0 Å². The van der Waals surface area contributed by atoms with Gasteiger partial charge in [-0.3, -0.25) is 0 Å². The molecule has 0 spiro atoms. The highest BCUT2D eigenvalue weighted by atomic mass is 16.3. The number of fused-ring (bicyclic) bond motifs is 6. The average Bonchev–Trinajstić information content (AvgIpc) is 3.56. The van der Waals surface area contributed by atoms with Gasteiger partial charge in [-0.1, -0.05) is 84.9 Å². The van der Waals surface area contributed by atoms with E-state index in [9.17, 15) is 5.26 Å². The molecular formula is C37H21NO2. The van der Waals surface area contributed by atoms with Crippen LogP contribution in [-0.2, 0) is 0 Å². The second-order valence-electron chi connectivity index (χ2n) is 10.1. The van der Waals surface area contributed by atoms with E-state index in [-0.39, 0.29) is 0 Å². The van der Waals surface area contributed by atoms with Crippen LogP contribution < -0.4 is 0 Å². The van der Waals surface area contributed by atoms with Crippen LogP contribution in [0.1, 0.15) is 5.56 Å². The maximum absolute atomic E-state index is 9.49. The Labute approximate surface area is 230 Å². The van der Waals surface area contributed by atoms with E-state index in [0.717, 1.165) is 71.7 Å². The van der Waals surface area contributed by atoms with Crippen molar-refractivity contribution in [3.8, 4) is 39.4 Å². The summed E-state index contributed by atoms with van der Waals surface area (Å²) in [5.41, 5.74) is 10.6. The largest absolute Gasteiger partial charge is 0.456 e. The number of hydrogen-bond acceptors (Lipinski definition) is 3. The number of rotatable bonds is 3. The van der Waals surface area contributed by atoms with Crippen molar-refractivity contribution in [2.24, 2.45) is 0 Å². The highest BCUT2D eigenvalue weighted by molar-refractivity contribution is 6.16. The molecule has 0 N–H and O–H groups in total. The molecule has 0 aliphatic rings. The molecule has 0 fully saturated rings. The monoisotopic (exact) mass is 511 g/mol. The van der Waals surface area contributed by atoms with Gasteiger partial charge in [-0.05, 0) is 69.8 Å². The van der Waals surface area contributed by atoms with Gasteiger partial charge in [-0.15, -0.1) is 0 Å². The standard InChI is InChI=1S/C37H21NO2/c38-22-28-8-4-5-9-29(28)25-12-10-24(11-13-25)27-15-17-35-31(19-27)33-20-32-30-18-26(23-6-2-1-3-7-23)14-16-34(30)39-36(32)21-37(33)40-35/h1-21H. The van der Waals surface area contributed by atoms with Gasteiger partial charge >= 0.3 is 0 Å². The van der Waals surface area contributed by atoms with Gasteiger partial charge in [0.15, 0.2) is 0 Å². The third kappa shape index (κ3) is 3.51. The fraction of sp³-hybridized carbons (Fsp3) is 0. The molecule has 8 rings (SSSR count). The molecule has 0 amide bonds. The molecule has 0 unspecified atom stereocenters. The molecule has 8 aromatic rings. The van der Waals surface area contributed by atoms with E-state index >= 15 is 0 Å². The molecule has 0 saturated heterocycles. The molecule has 3 nitrogen and oxygen atoms in total. The summed E-state index contributed by atoms with van der Waals surface area (Å²) in [6.07, 6.45) is 0. The van der Waals surface area contributed by atoms with Crippen LogP contribution in [0.5, 0.6) is 0 Å². The van der Waals surface area contributed by atoms with E-state index in [1.807, 2.05) is 48.5 Å². The first kappa shape index (κ1) is 22.4. The van der Waals surface area contributed by atoms with E-state index in [1.54, 1.807) is 0 Å². The van der Waals surface area contributed by atoms with E-state index in [0.29, 0.717) is 5.56 Å². The Morgan fingerprint density at radius 3 is 1.52 bits per heavy atom. The third-order valence-corrected chi connectivity index (χ3v) is 7.74. The Morgan fingerprint density at radius 1 is 0.400 bits per heavy atom. The van der Waals surface area contributed by atoms with Crippen molar-refractivity contribution >= 4 is 43.9 Å². The van der Waals surface area contributed by atoms with Gasteiger partial charge in [0, 0.05) is 27.6 Å². The van der Waals surface area contributed by atoms with E-state index in [2.05, 4.69) is 84.9 Å². The molecule has 0 atom stereocenters. The fourth-order valence-corrected chi connectivity index (χ4v) is 5.71. The lowest BCUT2D eigenvalue weighted by atomic mass is 9.97. The highest BCUT2D eigenvalue weighted by Crippen LogP contribution is 2.39. The average molecular weight is 512 g/mol. The van der Waals surface area contributed by atoms with Crippen molar-refractivity contribution in [1.82, 2.24) is 0 Å². The Bertz CT molecular complexity index is 2260. The molecular weight excluding hydrogens is 490 g/mol. The summed E-state index contributed by atoms with van der Waals surface area (Å²) < 4.78 is 12.5. The summed E-state index contributed by atoms with van der Waals surface area (Å²) in [4.78, 5) is 0. The molecule has 0 aliphatic carbocycles. The van der Waals surface area contributed by atoms with Crippen LogP contribution in [0.3, 0.4) is 0 Å². The minimum atomic E-state index is 0.676. The summed E-state index contributed by atoms with van der Waals surface area (Å²) in [7, 11) is 0. The van der Waals surface area contributed by atoms with Gasteiger partial charge < -0.3 is 8.83 Å². The molecule has 0 saturated carbocycles. The molecule has 186 valence electrons. The van der Waals surface area contributed by atoms with E-state index in [1.165, 1.54) is 5.56 Å². The summed E-state index contributed by atoms with van der Waals surface area (Å²) in [5, 5.41) is 13.8. The van der Waals surface area contributed by atoms with Crippen LogP contribution in [0.25, 0.3) is 77.3 Å². The SMILES string of the molecule is N#Cc1ccccc1-c1ccc(-c2ccc3oc4cc5oc6ccc(-c7ccccc7)cc6c5cc4c3c2)cc1. The number of hydrogen-bond donors (Lipinski definition) is 0. The predicted octanol–water partition coefficient (Wildman–Crippen LogP) is 10.4. The smallest absolute Gasteiger partial charge is 0.139 e. The van der Waals surface area contributed by atoms with E-state index in [4.69, 9.17) is 8.83 Å². The lowest BCUT2D eigenvalue weighted by Gasteiger charge is -2.07. The van der Waals surface area contributed by atoms with Crippen LogP contribution in [0, 0.1) is 11.3 Å². The van der Waals surface area contributed by atoms with Crippen molar-refractivity contribution in [2.45, 2.75) is 0 Å². The Balaban J connectivity index is 1.25. The molecule has 0 aliphatic heterocycles. The Morgan fingerprint density at radius 2 is 0.900 bits per heavy atom. The topological polar surface area (TPSA) is 50.1 Å². The summed E-state index contributed by atoms with van der Waals surface area (Å²) in [6, 6.07) is 45.7. The highest BCUT2D eigenvalue weighted by Gasteiger charge is 2.15. The maximum Gasteiger partial charge on any atom is 0.139 e. The van der Waals surface area contributed by atoms with Crippen LogP contribution in [-0.4, -0.2) is 0 Å². The molecule has 0 radical (unpaired) electrons. The molecule has 0 bridgehead atoms. The van der Waals surface area contributed by atoms with Crippen molar-refractivity contribution < 1.29 is 8.83 Å². The van der Waals surface area contributed by atoms with Crippen molar-refractivity contribution in [2.75, 3.05) is 0 Å². The molecule has 2 heterocycles. The van der Waals surface area contributed by atoms with Crippen LogP contribution in [0.15, 0.2) is 136 Å². The van der Waals surface area contributed by atoms with Crippen LogP contribution in [0.4, 0.5) is 0 Å². The maximum atomic E-state index is 9.49. The zero-order chi connectivity index (χ0) is 26.6. The zero-order valence-corrected chi connectivity index (χ0v) is 21.4. The summed E-state index contributed by atoms with van der Waals surface area (Å²) in [5.74, 6) is 0. The second kappa shape index (κ2) is 8.73. The normalized spacial score (nSPS) is 11.5. The molecule has 2 aromatic heterocycles. The third-order valence-electron chi connectivity index (χ3n) is 7.74. The van der Waals surface area contributed by atoms with Gasteiger partial charge in [0.2, 0.25) is 0 Å². The number of nitrogens with zero attached hydrogens (tertiary/aromatic N) is 1. The minimum Gasteiger partial charge on any atom is -0.456 e. The molecule has 40 heavy (non-hydrogen) atoms. The van der Waals surface area contributed by atoms with Crippen molar-refractivity contribution in [3.63, 3.8) is 0 Å².